The average molecular weight is 350 g/mol. The van der Waals surface area contributed by atoms with E-state index in [4.69, 9.17) is 21.6 Å². The van der Waals surface area contributed by atoms with Gasteiger partial charge in [0.05, 0.1) is 24.7 Å². The van der Waals surface area contributed by atoms with Crippen molar-refractivity contribution in [1.29, 1.82) is 5.26 Å². The molecule has 0 spiro atoms. The Morgan fingerprint density at radius 3 is 2.81 bits per heavy atom. The Morgan fingerprint density at radius 2 is 2.31 bits per heavy atom. The lowest BCUT2D eigenvalue weighted by Crippen LogP contribution is -2.09. The third kappa shape index (κ3) is 3.35. The molecule has 0 aliphatic rings. The van der Waals surface area contributed by atoms with Gasteiger partial charge in [-0.15, -0.1) is 0 Å². The van der Waals surface area contributed by atoms with Crippen LogP contribution in [0.5, 0.6) is 0 Å². The first-order valence-electron chi connectivity index (χ1n) is 4.62. The van der Waals surface area contributed by atoms with E-state index in [0.717, 1.165) is 3.57 Å². The largest absolute Gasteiger partial charge is 0.466 e. The van der Waals surface area contributed by atoms with E-state index < -0.39 is 0 Å². The summed E-state index contributed by atoms with van der Waals surface area (Å²) in [5.41, 5.74) is 1.20. The van der Waals surface area contributed by atoms with E-state index in [1.54, 1.807) is 19.1 Å². The van der Waals surface area contributed by atoms with E-state index in [-0.39, 0.29) is 12.4 Å². The minimum Gasteiger partial charge on any atom is -0.466 e. The summed E-state index contributed by atoms with van der Waals surface area (Å²) in [6.45, 7) is 2.10. The first kappa shape index (κ1) is 13.3. The number of carbonyl (C=O) groups excluding carboxylic acids is 1. The number of hydrogen-bond acceptors (Lipinski definition) is 3. The number of halogens is 2. The second kappa shape index (κ2) is 6.06. The van der Waals surface area contributed by atoms with E-state index in [1.165, 1.54) is 0 Å². The van der Waals surface area contributed by atoms with Crippen LogP contribution in [-0.4, -0.2) is 12.6 Å². The molecular weight excluding hydrogens is 340 g/mol. The zero-order chi connectivity index (χ0) is 12.1. The summed E-state index contributed by atoms with van der Waals surface area (Å²) in [6.07, 6.45) is 0.136. The third-order valence-electron chi connectivity index (χ3n) is 1.90. The summed E-state index contributed by atoms with van der Waals surface area (Å²) in [4.78, 5) is 11.3. The van der Waals surface area contributed by atoms with Crippen molar-refractivity contribution in [1.82, 2.24) is 0 Å². The Kier molecular flexibility index (Phi) is 5.03. The molecule has 0 atom stereocenters. The highest BCUT2D eigenvalue weighted by Gasteiger charge is 2.12. The summed E-state index contributed by atoms with van der Waals surface area (Å²) >= 11 is 8.05. The smallest absolute Gasteiger partial charge is 0.310 e. The zero-order valence-corrected chi connectivity index (χ0v) is 11.5. The van der Waals surface area contributed by atoms with E-state index in [1.807, 2.05) is 6.07 Å². The van der Waals surface area contributed by atoms with Crippen LogP contribution in [0.25, 0.3) is 0 Å². The maximum Gasteiger partial charge on any atom is 0.310 e. The van der Waals surface area contributed by atoms with Gasteiger partial charge < -0.3 is 4.74 Å². The number of benzene rings is 1. The fourth-order valence-electron chi connectivity index (χ4n) is 1.19. The van der Waals surface area contributed by atoms with Crippen molar-refractivity contribution in [3.8, 4) is 6.07 Å². The number of carbonyl (C=O) groups is 1. The van der Waals surface area contributed by atoms with Gasteiger partial charge in [-0.25, -0.2) is 0 Å². The van der Waals surface area contributed by atoms with Crippen molar-refractivity contribution >= 4 is 40.2 Å². The molecule has 0 saturated carbocycles. The molecule has 0 unspecified atom stereocenters. The van der Waals surface area contributed by atoms with Crippen molar-refractivity contribution in [3.05, 3.63) is 31.9 Å². The van der Waals surface area contributed by atoms with Crippen molar-refractivity contribution in [3.63, 3.8) is 0 Å². The summed E-state index contributed by atoms with van der Waals surface area (Å²) in [5, 5.41) is 9.17. The summed E-state index contributed by atoms with van der Waals surface area (Å²) < 4.78 is 5.65. The number of nitriles is 1. The van der Waals surface area contributed by atoms with Crippen molar-refractivity contribution in [2.24, 2.45) is 0 Å². The molecule has 16 heavy (non-hydrogen) atoms. The Bertz CT molecular complexity index is 431. The van der Waals surface area contributed by atoms with Gasteiger partial charge in [0.15, 0.2) is 0 Å². The van der Waals surface area contributed by atoms with Crippen LogP contribution in [0.1, 0.15) is 18.1 Å². The molecule has 0 amide bonds. The molecule has 0 radical (unpaired) electrons. The molecule has 0 fully saturated rings. The summed E-state index contributed by atoms with van der Waals surface area (Å²) in [7, 11) is 0. The van der Waals surface area contributed by atoms with Crippen LogP contribution in [0.3, 0.4) is 0 Å². The minimum absolute atomic E-state index is 0.136. The molecule has 3 nitrogen and oxygen atoms in total. The van der Waals surface area contributed by atoms with Gasteiger partial charge in [-0.1, -0.05) is 11.6 Å². The van der Waals surface area contributed by atoms with Gasteiger partial charge in [0, 0.05) is 8.59 Å². The third-order valence-corrected chi connectivity index (χ3v) is 3.20. The van der Waals surface area contributed by atoms with Crippen LogP contribution in [0.15, 0.2) is 12.1 Å². The summed E-state index contributed by atoms with van der Waals surface area (Å²) in [6, 6.07) is 5.26. The van der Waals surface area contributed by atoms with Crippen LogP contribution in [0, 0.1) is 14.9 Å². The number of hydrogen-bond donors (Lipinski definition) is 0. The highest BCUT2D eigenvalue weighted by Crippen LogP contribution is 2.24. The minimum atomic E-state index is -0.313. The van der Waals surface area contributed by atoms with Crippen LogP contribution < -0.4 is 0 Å². The number of rotatable bonds is 3. The van der Waals surface area contributed by atoms with Crippen LogP contribution in [0.2, 0.25) is 5.02 Å². The lowest BCUT2D eigenvalue weighted by molar-refractivity contribution is -0.142. The van der Waals surface area contributed by atoms with Crippen molar-refractivity contribution in [2.45, 2.75) is 13.3 Å². The highest BCUT2D eigenvalue weighted by molar-refractivity contribution is 14.1. The van der Waals surface area contributed by atoms with Gasteiger partial charge in [-0.05, 0) is 47.2 Å². The molecule has 0 aliphatic carbocycles. The van der Waals surface area contributed by atoms with E-state index in [9.17, 15) is 4.79 Å². The van der Waals surface area contributed by atoms with Gasteiger partial charge >= 0.3 is 5.97 Å². The van der Waals surface area contributed by atoms with E-state index >= 15 is 0 Å². The van der Waals surface area contributed by atoms with E-state index in [2.05, 4.69) is 22.6 Å². The molecular formula is C11H9ClINO2. The van der Waals surface area contributed by atoms with Gasteiger partial charge in [0.1, 0.15) is 0 Å². The normalized spacial score (nSPS) is 9.62. The predicted octanol–water partition coefficient (Wildman–Crippen LogP) is 2.92. The lowest BCUT2D eigenvalue weighted by Gasteiger charge is -2.07. The van der Waals surface area contributed by atoms with Gasteiger partial charge in [-0.3, -0.25) is 4.79 Å². The second-order valence-electron chi connectivity index (χ2n) is 3.01. The monoisotopic (exact) mass is 349 g/mol. The molecule has 1 rings (SSSR count). The maximum atomic E-state index is 11.3. The topological polar surface area (TPSA) is 50.1 Å². The molecule has 84 valence electrons. The Hall–Kier alpha value is -0.800. The van der Waals surface area contributed by atoms with Crippen molar-refractivity contribution < 1.29 is 9.53 Å². The average Bonchev–Trinajstić information content (AvgIpc) is 2.23. The fraction of sp³-hybridized carbons (Fsp3) is 0.273. The zero-order valence-electron chi connectivity index (χ0n) is 8.59. The van der Waals surface area contributed by atoms with Gasteiger partial charge in [-0.2, -0.15) is 5.26 Å². The Labute approximate surface area is 112 Å². The summed E-state index contributed by atoms with van der Waals surface area (Å²) in [5.74, 6) is -0.313. The quantitative estimate of drug-likeness (QED) is 0.623. The first-order valence-corrected chi connectivity index (χ1v) is 6.07. The molecule has 0 saturated heterocycles. The van der Waals surface area contributed by atoms with Crippen LogP contribution in [0.4, 0.5) is 0 Å². The maximum absolute atomic E-state index is 11.3. The van der Waals surface area contributed by atoms with E-state index in [0.29, 0.717) is 22.8 Å². The van der Waals surface area contributed by atoms with Crippen LogP contribution >= 0.6 is 34.2 Å². The van der Waals surface area contributed by atoms with Gasteiger partial charge in [0.25, 0.3) is 0 Å². The lowest BCUT2D eigenvalue weighted by atomic mass is 10.1. The molecule has 0 N–H and O–H groups in total. The fourth-order valence-corrected chi connectivity index (χ4v) is 2.46. The Balaban J connectivity index is 2.98. The number of ether oxygens (including phenoxy) is 1. The second-order valence-corrected chi connectivity index (χ2v) is 4.58. The number of esters is 1. The Morgan fingerprint density at radius 1 is 1.62 bits per heavy atom. The first-order chi connectivity index (χ1) is 7.58. The molecule has 0 heterocycles. The standard InChI is InChI=1S/C11H9ClINO2/c1-2-16-11(15)5-8-9(12)3-7(6-14)4-10(8)13/h3-4H,2,5H2,1H3. The molecule has 1 aromatic carbocycles. The molecule has 5 heteroatoms. The molecule has 0 aromatic heterocycles. The molecule has 0 aliphatic heterocycles. The molecule has 1 aromatic rings. The van der Waals surface area contributed by atoms with Gasteiger partial charge in [0.2, 0.25) is 0 Å². The highest BCUT2D eigenvalue weighted by atomic mass is 127. The van der Waals surface area contributed by atoms with Crippen LogP contribution in [-0.2, 0) is 16.0 Å². The SMILES string of the molecule is CCOC(=O)Cc1c(Cl)cc(C#N)cc1I. The number of nitrogens with zero attached hydrogens (tertiary/aromatic N) is 1. The van der Waals surface area contributed by atoms with Crippen molar-refractivity contribution in [2.75, 3.05) is 6.61 Å². The predicted molar refractivity (Wildman–Crippen MR) is 69.2 cm³/mol. The molecule has 0 bridgehead atoms.